The van der Waals surface area contributed by atoms with Crippen molar-refractivity contribution in [3.63, 3.8) is 0 Å². The van der Waals surface area contributed by atoms with Crippen LogP contribution >= 0.6 is 18.2 Å². The van der Waals surface area contributed by atoms with Gasteiger partial charge in [-0.1, -0.05) is 96.1 Å². The Labute approximate surface area is 215 Å². The van der Waals surface area contributed by atoms with E-state index in [2.05, 4.69) is 59.7 Å². The molecule has 5 heteroatoms. The van der Waals surface area contributed by atoms with Gasteiger partial charge >= 0.3 is 6.80 Å². The largest absolute Gasteiger partial charge is 0.497 e. The summed E-state index contributed by atoms with van der Waals surface area (Å²) in [7, 11) is 0. The Morgan fingerprint density at radius 1 is 0.629 bits per heavy atom. The molecular formula is C30H39O3PS. The van der Waals surface area contributed by atoms with Gasteiger partial charge in [0.2, 0.25) is 0 Å². The Morgan fingerprint density at radius 2 is 1.00 bits per heavy atom. The third-order valence-corrected chi connectivity index (χ3v) is 10.2. The highest BCUT2D eigenvalue weighted by atomic mass is 32.7. The van der Waals surface area contributed by atoms with Crippen molar-refractivity contribution in [3.05, 3.63) is 89.5 Å². The van der Waals surface area contributed by atoms with E-state index in [0.717, 1.165) is 40.8 Å². The zero-order valence-electron chi connectivity index (χ0n) is 21.9. The average molecular weight is 511 g/mol. The van der Waals surface area contributed by atoms with Crippen LogP contribution in [0, 0.1) is 0 Å². The Balaban J connectivity index is 2.08. The first kappa shape index (κ1) is 27.4. The van der Waals surface area contributed by atoms with E-state index in [4.69, 9.17) is 9.05 Å². The van der Waals surface area contributed by atoms with E-state index in [9.17, 15) is 4.57 Å². The SMILES string of the molecule is CCC(C)c1ccccc1OP(=O)(Oc1ccccc1C(C)CC)Sc1ccccc1C(C)CC. The Hall–Kier alpha value is -2.16. The predicted molar refractivity (Wildman–Crippen MR) is 150 cm³/mol. The zero-order chi connectivity index (χ0) is 25.4. The fourth-order valence-corrected chi connectivity index (χ4v) is 7.60. The van der Waals surface area contributed by atoms with Gasteiger partial charge in [0.25, 0.3) is 0 Å². The third-order valence-electron chi connectivity index (χ3n) is 6.82. The number of hydrogen-bond acceptors (Lipinski definition) is 4. The molecule has 3 unspecified atom stereocenters. The van der Waals surface area contributed by atoms with E-state index in [0.29, 0.717) is 17.4 Å². The fourth-order valence-electron chi connectivity index (χ4n) is 3.99. The molecule has 0 aromatic heterocycles. The fraction of sp³-hybridized carbons (Fsp3) is 0.400. The molecule has 0 saturated carbocycles. The van der Waals surface area contributed by atoms with Gasteiger partial charge in [0, 0.05) is 16.3 Å². The molecule has 3 aromatic carbocycles. The molecule has 0 bridgehead atoms. The summed E-state index contributed by atoms with van der Waals surface area (Å²) in [5.41, 5.74) is 3.26. The predicted octanol–water partition coefficient (Wildman–Crippen LogP) is 10.6. The molecule has 0 amide bonds. The van der Waals surface area contributed by atoms with Gasteiger partial charge in [-0.3, -0.25) is 0 Å². The maximum atomic E-state index is 14.6. The van der Waals surface area contributed by atoms with Crippen LogP contribution in [-0.2, 0) is 4.57 Å². The van der Waals surface area contributed by atoms with Crippen LogP contribution < -0.4 is 9.05 Å². The maximum absolute atomic E-state index is 14.6. The lowest BCUT2D eigenvalue weighted by molar-refractivity contribution is 0.401. The van der Waals surface area contributed by atoms with Gasteiger partial charge in [-0.2, -0.15) is 0 Å². The number of benzene rings is 3. The van der Waals surface area contributed by atoms with Crippen molar-refractivity contribution in [1.82, 2.24) is 0 Å². The van der Waals surface area contributed by atoms with E-state index in [1.54, 1.807) is 0 Å². The molecule has 0 aliphatic carbocycles. The van der Waals surface area contributed by atoms with Crippen LogP contribution in [0.4, 0.5) is 0 Å². The molecule has 3 rings (SSSR count). The van der Waals surface area contributed by atoms with Crippen molar-refractivity contribution in [2.45, 2.75) is 83.5 Å². The van der Waals surface area contributed by atoms with Crippen molar-refractivity contribution in [2.24, 2.45) is 0 Å². The van der Waals surface area contributed by atoms with E-state index in [-0.39, 0.29) is 11.8 Å². The van der Waals surface area contributed by atoms with Crippen LogP contribution in [0.1, 0.15) is 95.2 Å². The Morgan fingerprint density at radius 3 is 1.46 bits per heavy atom. The van der Waals surface area contributed by atoms with Gasteiger partial charge in [0.05, 0.1) is 0 Å². The summed E-state index contributed by atoms with van der Waals surface area (Å²) in [5.74, 6) is 2.15. The van der Waals surface area contributed by atoms with Crippen molar-refractivity contribution in [1.29, 1.82) is 0 Å². The molecule has 0 radical (unpaired) electrons. The lowest BCUT2D eigenvalue weighted by Gasteiger charge is -2.25. The van der Waals surface area contributed by atoms with E-state index < -0.39 is 6.80 Å². The monoisotopic (exact) mass is 510 g/mol. The molecule has 188 valence electrons. The number of hydrogen-bond donors (Lipinski definition) is 0. The summed E-state index contributed by atoms with van der Waals surface area (Å²) >= 11 is 1.22. The topological polar surface area (TPSA) is 35.5 Å². The minimum atomic E-state index is -3.70. The quantitative estimate of drug-likeness (QED) is 0.227. The third kappa shape index (κ3) is 6.96. The zero-order valence-corrected chi connectivity index (χ0v) is 23.6. The first-order valence-electron chi connectivity index (χ1n) is 12.8. The van der Waals surface area contributed by atoms with Crippen molar-refractivity contribution < 1.29 is 13.6 Å². The number of rotatable bonds is 12. The second-order valence-electron chi connectivity index (χ2n) is 9.26. The molecule has 3 aromatic rings. The van der Waals surface area contributed by atoms with Crippen LogP contribution in [0.5, 0.6) is 11.5 Å². The molecule has 0 aliphatic rings. The van der Waals surface area contributed by atoms with Gasteiger partial charge in [-0.05, 0) is 71.9 Å². The molecule has 0 N–H and O–H groups in total. The van der Waals surface area contributed by atoms with Gasteiger partial charge in [-0.15, -0.1) is 0 Å². The Bertz CT molecular complexity index is 1000. The maximum Gasteiger partial charge on any atom is 0.497 e. The molecule has 35 heavy (non-hydrogen) atoms. The summed E-state index contributed by atoms with van der Waals surface area (Å²) in [6.45, 7) is 9.30. The molecule has 0 aliphatic heterocycles. The molecule has 0 saturated heterocycles. The van der Waals surface area contributed by atoms with Crippen LogP contribution in [0.15, 0.2) is 77.7 Å². The minimum Gasteiger partial charge on any atom is -0.408 e. The summed E-state index contributed by atoms with van der Waals surface area (Å²) < 4.78 is 27.4. The van der Waals surface area contributed by atoms with Crippen LogP contribution in [0.25, 0.3) is 0 Å². The molecule has 3 atom stereocenters. The van der Waals surface area contributed by atoms with Gasteiger partial charge in [0.15, 0.2) is 0 Å². The smallest absolute Gasteiger partial charge is 0.408 e. The van der Waals surface area contributed by atoms with Crippen LogP contribution in [-0.4, -0.2) is 0 Å². The van der Waals surface area contributed by atoms with Gasteiger partial charge in [0.1, 0.15) is 11.5 Å². The van der Waals surface area contributed by atoms with Crippen molar-refractivity contribution >= 4 is 18.2 Å². The highest BCUT2D eigenvalue weighted by molar-refractivity contribution is 8.55. The second kappa shape index (κ2) is 12.7. The molecular weight excluding hydrogens is 471 g/mol. The summed E-state index contributed by atoms with van der Waals surface area (Å²) in [6, 6.07) is 23.9. The first-order chi connectivity index (χ1) is 16.8. The van der Waals surface area contributed by atoms with Crippen molar-refractivity contribution in [3.8, 4) is 11.5 Å². The van der Waals surface area contributed by atoms with Crippen LogP contribution in [0.3, 0.4) is 0 Å². The van der Waals surface area contributed by atoms with Gasteiger partial charge in [-0.25, -0.2) is 4.57 Å². The van der Waals surface area contributed by atoms with Gasteiger partial charge < -0.3 is 9.05 Å². The van der Waals surface area contributed by atoms with E-state index in [1.165, 1.54) is 11.4 Å². The summed E-state index contributed by atoms with van der Waals surface area (Å²) in [6.07, 6.45) is 2.93. The van der Waals surface area contributed by atoms with Crippen molar-refractivity contribution in [2.75, 3.05) is 0 Å². The lowest BCUT2D eigenvalue weighted by atomic mass is 9.98. The second-order valence-corrected chi connectivity index (χ2v) is 13.0. The first-order valence-corrected chi connectivity index (χ1v) is 15.7. The van der Waals surface area contributed by atoms with E-state index in [1.807, 2.05) is 54.6 Å². The lowest BCUT2D eigenvalue weighted by Crippen LogP contribution is -2.05. The summed E-state index contributed by atoms with van der Waals surface area (Å²) in [4.78, 5) is 0.937. The van der Waals surface area contributed by atoms with E-state index >= 15 is 0 Å². The molecule has 3 nitrogen and oxygen atoms in total. The summed E-state index contributed by atoms with van der Waals surface area (Å²) in [5, 5.41) is 0. The normalized spacial score (nSPS) is 15.6. The highest BCUT2D eigenvalue weighted by Crippen LogP contribution is 2.64. The minimum absolute atomic E-state index is 0.282. The molecule has 0 spiro atoms. The average Bonchev–Trinajstić information content (AvgIpc) is 2.88. The standard InChI is InChI=1S/C30H39O3PS/c1-7-22(4)25-16-10-13-19-28(25)32-34(31,33-29-20-14-11-17-26(29)23(5)8-2)35-30-21-15-12-18-27(30)24(6)9-3/h10-24H,7-9H2,1-6H3. The Kier molecular flexibility index (Phi) is 9.95. The molecule has 0 fully saturated rings. The highest BCUT2D eigenvalue weighted by Gasteiger charge is 2.34. The van der Waals surface area contributed by atoms with Crippen LogP contribution in [0.2, 0.25) is 0 Å². The number of para-hydroxylation sites is 2. The molecule has 0 heterocycles.